The number of aliphatic hydroxyl groups is 1. The highest BCUT2D eigenvalue weighted by atomic mass is 19.3. The average molecular weight is 342 g/mol. The Morgan fingerprint density at radius 1 is 0.960 bits per heavy atom. The summed E-state index contributed by atoms with van der Waals surface area (Å²) in [6.07, 6.45) is 6.79. The van der Waals surface area contributed by atoms with Gasteiger partial charge in [-0.15, -0.1) is 0 Å². The number of halogens is 2. The van der Waals surface area contributed by atoms with E-state index in [0.717, 1.165) is 17.5 Å². The molecule has 0 unspecified atom stereocenters. The van der Waals surface area contributed by atoms with E-state index >= 15 is 0 Å². The summed E-state index contributed by atoms with van der Waals surface area (Å²) in [6, 6.07) is 13.9. The normalized spacial score (nSPS) is 15.6. The smallest absolute Gasteiger partial charge is 0.307 e. The molecule has 1 N–H and O–H groups in total. The van der Waals surface area contributed by atoms with Crippen LogP contribution in [0.3, 0.4) is 0 Å². The van der Waals surface area contributed by atoms with Crippen LogP contribution in [0.25, 0.3) is 17.2 Å². The van der Waals surface area contributed by atoms with Crippen LogP contribution in [0.15, 0.2) is 48.2 Å². The van der Waals surface area contributed by atoms with Crippen molar-refractivity contribution in [1.82, 2.24) is 0 Å². The molecule has 2 aromatic rings. The standard InChI is InChI=1S/C22H24F2O/c1-2-3-4-5-6-16-7-9-17(10-8-16)18-11-12-19-14-21(25)22(23,24)15-20(19)13-18/h7-14,25H,2-6,15H2,1H3. The lowest BCUT2D eigenvalue weighted by Gasteiger charge is -2.22. The Morgan fingerprint density at radius 2 is 1.68 bits per heavy atom. The van der Waals surface area contributed by atoms with Crippen molar-refractivity contribution in [3.8, 4) is 11.1 Å². The molecule has 2 aromatic carbocycles. The summed E-state index contributed by atoms with van der Waals surface area (Å²) in [4.78, 5) is 0. The summed E-state index contributed by atoms with van der Waals surface area (Å²) in [6.45, 7) is 2.21. The molecule has 1 aliphatic carbocycles. The molecule has 0 heterocycles. The van der Waals surface area contributed by atoms with E-state index < -0.39 is 18.1 Å². The number of allylic oxidation sites excluding steroid dienone is 1. The molecular formula is C22H24F2O. The number of rotatable bonds is 6. The van der Waals surface area contributed by atoms with E-state index in [1.165, 1.54) is 37.3 Å². The van der Waals surface area contributed by atoms with Gasteiger partial charge in [0.25, 0.3) is 0 Å². The zero-order valence-corrected chi connectivity index (χ0v) is 14.6. The van der Waals surface area contributed by atoms with Gasteiger partial charge in [0.1, 0.15) is 0 Å². The summed E-state index contributed by atoms with van der Waals surface area (Å²) < 4.78 is 27.4. The van der Waals surface area contributed by atoms with Gasteiger partial charge >= 0.3 is 5.92 Å². The van der Waals surface area contributed by atoms with E-state index in [4.69, 9.17) is 0 Å². The minimum Gasteiger partial charge on any atom is -0.506 e. The van der Waals surface area contributed by atoms with Crippen LogP contribution in [0.4, 0.5) is 8.78 Å². The van der Waals surface area contributed by atoms with Crippen LogP contribution in [-0.4, -0.2) is 11.0 Å². The van der Waals surface area contributed by atoms with Crippen LogP contribution >= 0.6 is 0 Å². The van der Waals surface area contributed by atoms with Crippen molar-refractivity contribution in [1.29, 1.82) is 0 Å². The Bertz CT molecular complexity index is 760. The molecule has 0 fully saturated rings. The Labute approximate surface area is 148 Å². The first-order valence-electron chi connectivity index (χ1n) is 9.01. The fraction of sp³-hybridized carbons (Fsp3) is 0.364. The maximum absolute atomic E-state index is 13.7. The van der Waals surface area contributed by atoms with Gasteiger partial charge in [0.2, 0.25) is 0 Å². The van der Waals surface area contributed by atoms with Crippen molar-refractivity contribution in [2.24, 2.45) is 0 Å². The third-order valence-electron chi connectivity index (χ3n) is 4.83. The van der Waals surface area contributed by atoms with Crippen molar-refractivity contribution in [2.45, 2.75) is 51.4 Å². The van der Waals surface area contributed by atoms with Crippen molar-refractivity contribution in [2.75, 3.05) is 0 Å². The maximum atomic E-state index is 13.7. The van der Waals surface area contributed by atoms with Gasteiger partial charge in [-0.05, 0) is 46.7 Å². The van der Waals surface area contributed by atoms with Crippen molar-refractivity contribution < 1.29 is 13.9 Å². The van der Waals surface area contributed by atoms with Crippen LogP contribution in [-0.2, 0) is 12.8 Å². The highest BCUT2D eigenvalue weighted by Gasteiger charge is 2.38. The lowest BCUT2D eigenvalue weighted by molar-refractivity contribution is 0.000390. The molecule has 0 radical (unpaired) electrons. The molecule has 0 saturated carbocycles. The number of alkyl halides is 2. The van der Waals surface area contributed by atoms with E-state index in [-0.39, 0.29) is 0 Å². The molecule has 0 atom stereocenters. The average Bonchev–Trinajstić information content (AvgIpc) is 2.60. The van der Waals surface area contributed by atoms with Gasteiger partial charge in [-0.2, -0.15) is 8.78 Å². The fourth-order valence-corrected chi connectivity index (χ4v) is 3.28. The van der Waals surface area contributed by atoms with Crippen LogP contribution in [0.2, 0.25) is 0 Å². The van der Waals surface area contributed by atoms with Gasteiger partial charge < -0.3 is 5.11 Å². The molecule has 0 bridgehead atoms. The predicted octanol–water partition coefficient (Wildman–Crippen LogP) is 6.57. The summed E-state index contributed by atoms with van der Waals surface area (Å²) in [5, 5.41) is 9.42. The van der Waals surface area contributed by atoms with Gasteiger partial charge in [0, 0.05) is 6.42 Å². The first-order valence-corrected chi connectivity index (χ1v) is 9.01. The van der Waals surface area contributed by atoms with Gasteiger partial charge in [-0.3, -0.25) is 0 Å². The number of fused-ring (bicyclic) bond motifs is 1. The van der Waals surface area contributed by atoms with Gasteiger partial charge in [0.15, 0.2) is 5.76 Å². The molecule has 1 nitrogen and oxygen atoms in total. The Hall–Kier alpha value is -2.16. The second-order valence-electron chi connectivity index (χ2n) is 6.83. The Kier molecular flexibility index (Phi) is 5.22. The van der Waals surface area contributed by atoms with E-state index in [1.807, 2.05) is 12.1 Å². The molecule has 0 spiro atoms. The molecule has 0 amide bonds. The van der Waals surface area contributed by atoms with Crippen molar-refractivity contribution in [3.05, 3.63) is 64.9 Å². The molecule has 0 aliphatic heterocycles. The summed E-state index contributed by atoms with van der Waals surface area (Å²) in [5.74, 6) is -4.02. The number of aryl methyl sites for hydroxylation is 1. The fourth-order valence-electron chi connectivity index (χ4n) is 3.28. The summed E-state index contributed by atoms with van der Waals surface area (Å²) >= 11 is 0. The maximum Gasteiger partial charge on any atom is 0.307 e. The molecule has 3 heteroatoms. The topological polar surface area (TPSA) is 20.2 Å². The van der Waals surface area contributed by atoms with Crippen molar-refractivity contribution in [3.63, 3.8) is 0 Å². The Balaban J connectivity index is 1.75. The van der Waals surface area contributed by atoms with Crippen LogP contribution in [0.1, 0.15) is 49.3 Å². The highest BCUT2D eigenvalue weighted by Crippen LogP contribution is 2.36. The Morgan fingerprint density at radius 3 is 2.40 bits per heavy atom. The largest absolute Gasteiger partial charge is 0.506 e. The zero-order chi connectivity index (χ0) is 17.9. The number of hydrogen-bond acceptors (Lipinski definition) is 1. The number of benzene rings is 2. The van der Waals surface area contributed by atoms with E-state index in [2.05, 4.69) is 31.2 Å². The third-order valence-corrected chi connectivity index (χ3v) is 4.83. The number of unbranched alkanes of at least 4 members (excludes halogenated alkanes) is 3. The van der Waals surface area contributed by atoms with Crippen LogP contribution in [0.5, 0.6) is 0 Å². The van der Waals surface area contributed by atoms with Crippen molar-refractivity contribution >= 4 is 6.08 Å². The zero-order valence-electron chi connectivity index (χ0n) is 14.6. The summed E-state index contributed by atoms with van der Waals surface area (Å²) in [5.41, 5.74) is 4.52. The lowest BCUT2D eigenvalue weighted by Crippen LogP contribution is -2.25. The molecule has 132 valence electrons. The number of hydrogen-bond donors (Lipinski definition) is 1. The number of aliphatic hydroxyl groups excluding tert-OH is 1. The second-order valence-corrected chi connectivity index (χ2v) is 6.83. The van der Waals surface area contributed by atoms with E-state index in [0.29, 0.717) is 11.1 Å². The monoisotopic (exact) mass is 342 g/mol. The molecule has 1 aliphatic rings. The highest BCUT2D eigenvalue weighted by molar-refractivity contribution is 5.70. The molecular weight excluding hydrogens is 318 g/mol. The molecule has 3 rings (SSSR count). The van der Waals surface area contributed by atoms with Crippen LogP contribution in [0, 0.1) is 0 Å². The van der Waals surface area contributed by atoms with Crippen LogP contribution < -0.4 is 0 Å². The molecule has 0 aromatic heterocycles. The summed E-state index contributed by atoms with van der Waals surface area (Å²) in [7, 11) is 0. The minimum absolute atomic E-state index is 0.450. The predicted molar refractivity (Wildman–Crippen MR) is 99.0 cm³/mol. The molecule has 0 saturated heterocycles. The van der Waals surface area contributed by atoms with Gasteiger partial charge in [-0.25, -0.2) is 0 Å². The van der Waals surface area contributed by atoms with Gasteiger partial charge in [-0.1, -0.05) is 68.7 Å². The van der Waals surface area contributed by atoms with E-state index in [9.17, 15) is 13.9 Å². The SMILES string of the molecule is CCCCCCc1ccc(-c2ccc3c(c2)CC(F)(F)C(O)=C3)cc1. The second kappa shape index (κ2) is 7.38. The minimum atomic E-state index is -3.17. The quantitative estimate of drug-likeness (QED) is 0.589. The lowest BCUT2D eigenvalue weighted by atomic mass is 9.90. The third kappa shape index (κ3) is 4.09. The van der Waals surface area contributed by atoms with E-state index in [1.54, 1.807) is 6.07 Å². The molecule has 25 heavy (non-hydrogen) atoms. The first kappa shape index (κ1) is 17.7. The van der Waals surface area contributed by atoms with Gasteiger partial charge in [0.05, 0.1) is 0 Å². The first-order chi connectivity index (χ1) is 12.0.